The zero-order valence-electron chi connectivity index (χ0n) is 24.8. The number of non-ortho nitro benzene ring substituents is 1. The number of carbonyl (C=O) groups is 4. The van der Waals surface area contributed by atoms with Crippen molar-refractivity contribution in [1.29, 1.82) is 0 Å². The summed E-state index contributed by atoms with van der Waals surface area (Å²) in [6.07, 6.45) is 2.24. The number of fused-ring (bicyclic) bond motifs is 4. The first kappa shape index (κ1) is 29.8. The Labute approximate surface area is 271 Å². The van der Waals surface area contributed by atoms with Gasteiger partial charge in [-0.05, 0) is 62.1 Å². The highest BCUT2D eigenvalue weighted by Crippen LogP contribution is 2.65. The molecule has 7 rings (SSSR count). The monoisotopic (exact) mass is 685 g/mol. The van der Waals surface area contributed by atoms with E-state index in [2.05, 4.69) is 15.9 Å². The second-order valence-corrected chi connectivity index (χ2v) is 13.2. The molecule has 0 aromatic heterocycles. The van der Waals surface area contributed by atoms with Crippen LogP contribution in [0, 0.1) is 39.2 Å². The Hall–Kier alpha value is -4.84. The van der Waals surface area contributed by atoms with E-state index in [1.54, 1.807) is 49.4 Å². The molecule has 6 unspecified atom stereocenters. The minimum Gasteiger partial charge on any atom is -0.504 e. The molecule has 46 heavy (non-hydrogen) atoms. The Morgan fingerprint density at radius 3 is 2.26 bits per heavy atom. The fourth-order valence-electron chi connectivity index (χ4n) is 8.13. The normalized spacial score (nSPS) is 28.5. The molecule has 12 heteroatoms. The lowest BCUT2D eigenvalue weighted by Gasteiger charge is -2.49. The number of nitrogens with zero attached hydrogens (tertiary/aromatic N) is 3. The van der Waals surface area contributed by atoms with Crippen molar-refractivity contribution in [1.82, 2.24) is 0 Å². The minimum absolute atomic E-state index is 0.146. The van der Waals surface area contributed by atoms with Crippen LogP contribution in [0.5, 0.6) is 11.5 Å². The fraction of sp³-hybridized carbons (Fsp3) is 0.294. The van der Waals surface area contributed by atoms with Gasteiger partial charge in [-0.3, -0.25) is 34.2 Å². The van der Waals surface area contributed by atoms with Gasteiger partial charge >= 0.3 is 0 Å². The smallest absolute Gasteiger partial charge is 0.269 e. The maximum Gasteiger partial charge on any atom is 0.269 e. The number of ether oxygens (including phenoxy) is 1. The van der Waals surface area contributed by atoms with Crippen LogP contribution in [-0.4, -0.2) is 40.8 Å². The predicted molar refractivity (Wildman–Crippen MR) is 169 cm³/mol. The number of aromatic hydroxyl groups is 1. The lowest BCUT2D eigenvalue weighted by atomic mass is 9.51. The van der Waals surface area contributed by atoms with Crippen LogP contribution in [0.15, 0.2) is 82.9 Å². The van der Waals surface area contributed by atoms with Crippen molar-refractivity contribution in [2.45, 2.75) is 25.7 Å². The molecule has 4 aliphatic rings. The molecule has 0 bridgehead atoms. The average molecular weight is 687 g/mol. The van der Waals surface area contributed by atoms with Gasteiger partial charge in [0, 0.05) is 28.1 Å². The van der Waals surface area contributed by atoms with Crippen LogP contribution in [0.2, 0.25) is 0 Å². The van der Waals surface area contributed by atoms with E-state index in [-0.39, 0.29) is 35.7 Å². The molecule has 0 spiro atoms. The zero-order chi connectivity index (χ0) is 32.7. The fourth-order valence-corrected chi connectivity index (χ4v) is 8.59. The van der Waals surface area contributed by atoms with E-state index in [9.17, 15) is 34.4 Å². The van der Waals surface area contributed by atoms with E-state index in [0.29, 0.717) is 21.3 Å². The summed E-state index contributed by atoms with van der Waals surface area (Å²) in [5.74, 6) is -5.56. The highest BCUT2D eigenvalue weighted by molar-refractivity contribution is 9.10. The number of para-hydroxylation sites is 1. The summed E-state index contributed by atoms with van der Waals surface area (Å²) in [6, 6.07) is 17.2. The van der Waals surface area contributed by atoms with Gasteiger partial charge in [0.2, 0.25) is 23.6 Å². The number of rotatable bonds is 5. The first-order valence-electron chi connectivity index (χ1n) is 14.8. The molecule has 3 aromatic rings. The van der Waals surface area contributed by atoms with E-state index in [1.165, 1.54) is 36.3 Å². The van der Waals surface area contributed by atoms with E-state index in [4.69, 9.17) is 4.74 Å². The van der Waals surface area contributed by atoms with E-state index >= 15 is 0 Å². The standard InChI is InChI=1S/C34H28BrN3O8/c1-34-25(31(41)37(33(34)43)18-6-4-3-5-7-18)16-23-21(28(34)24-14-17(35)15-26(46-2)29(24)39)12-13-22-27(23)32(42)36(30(22)40)19-8-10-20(11-9-19)38(44)45/h3-12,14-15,22-23,25,27-28,39H,13,16H2,1-2H3. The van der Waals surface area contributed by atoms with Crippen molar-refractivity contribution >= 4 is 56.6 Å². The third-order valence-corrected chi connectivity index (χ3v) is 10.7. The minimum atomic E-state index is -1.34. The van der Waals surface area contributed by atoms with Crippen molar-refractivity contribution in [2.24, 2.45) is 29.1 Å². The van der Waals surface area contributed by atoms with Gasteiger partial charge in [0.25, 0.3) is 5.69 Å². The van der Waals surface area contributed by atoms with Crippen molar-refractivity contribution in [3.05, 3.63) is 98.5 Å². The molecule has 3 aromatic carbocycles. The second-order valence-electron chi connectivity index (χ2n) is 12.3. The number of nitro benzene ring substituents is 1. The van der Waals surface area contributed by atoms with Crippen molar-refractivity contribution in [3.8, 4) is 11.5 Å². The van der Waals surface area contributed by atoms with Gasteiger partial charge in [-0.2, -0.15) is 0 Å². The van der Waals surface area contributed by atoms with E-state index in [1.807, 2.05) is 6.08 Å². The highest BCUT2D eigenvalue weighted by atomic mass is 79.9. The number of methoxy groups -OCH3 is 1. The van der Waals surface area contributed by atoms with E-state index < -0.39 is 63.6 Å². The summed E-state index contributed by atoms with van der Waals surface area (Å²) in [5, 5.41) is 22.7. The van der Waals surface area contributed by atoms with Gasteiger partial charge < -0.3 is 9.84 Å². The van der Waals surface area contributed by atoms with Crippen molar-refractivity contribution in [3.63, 3.8) is 0 Å². The summed E-state index contributed by atoms with van der Waals surface area (Å²) in [7, 11) is 1.42. The molecule has 6 atom stereocenters. The second kappa shape index (κ2) is 10.6. The first-order chi connectivity index (χ1) is 22.0. The number of anilines is 2. The van der Waals surface area contributed by atoms with Crippen molar-refractivity contribution < 1.29 is 33.9 Å². The number of halogens is 1. The van der Waals surface area contributed by atoms with Gasteiger partial charge in [0.05, 0.1) is 46.6 Å². The zero-order valence-corrected chi connectivity index (χ0v) is 26.3. The Morgan fingerprint density at radius 2 is 1.61 bits per heavy atom. The molecular weight excluding hydrogens is 658 g/mol. The molecule has 234 valence electrons. The molecular formula is C34H28BrN3O8. The number of carbonyl (C=O) groups excluding carboxylic acids is 4. The van der Waals surface area contributed by atoms with Crippen molar-refractivity contribution in [2.75, 3.05) is 16.9 Å². The number of allylic oxidation sites excluding steroid dienone is 2. The molecule has 2 aliphatic carbocycles. The molecule has 1 saturated carbocycles. The Bertz CT molecular complexity index is 1880. The van der Waals surface area contributed by atoms with Crippen LogP contribution in [0.4, 0.5) is 17.1 Å². The quantitative estimate of drug-likeness (QED) is 0.160. The van der Waals surface area contributed by atoms with E-state index in [0.717, 1.165) is 4.90 Å². The SMILES string of the molecule is COc1cc(Br)cc(C2C3=CCC4C(=O)N(c5ccc([N+](=O)[O-])cc5)C(=O)C4C3CC3C(=O)N(c4ccccc4)C(=O)C32C)c1O. The average Bonchev–Trinajstić information content (AvgIpc) is 3.42. The molecule has 1 N–H and O–H groups in total. The first-order valence-corrected chi connectivity index (χ1v) is 15.6. The third-order valence-electron chi connectivity index (χ3n) is 10.2. The molecule has 2 heterocycles. The van der Waals surface area contributed by atoms with Gasteiger partial charge in [0.1, 0.15) is 0 Å². The number of phenolic OH excluding ortho intramolecular Hbond substituents is 1. The topological polar surface area (TPSA) is 147 Å². The highest BCUT2D eigenvalue weighted by Gasteiger charge is 2.68. The maximum atomic E-state index is 14.5. The Morgan fingerprint density at radius 1 is 0.935 bits per heavy atom. The van der Waals surface area contributed by atoms with Crippen LogP contribution in [0.25, 0.3) is 0 Å². The number of amides is 4. The molecule has 2 saturated heterocycles. The lowest BCUT2D eigenvalue weighted by molar-refractivity contribution is -0.384. The third kappa shape index (κ3) is 4.08. The summed E-state index contributed by atoms with van der Waals surface area (Å²) < 4.78 is 6.04. The number of nitro groups is 1. The van der Waals surface area contributed by atoms with Gasteiger partial charge in [-0.15, -0.1) is 0 Å². The Balaban J connectivity index is 1.38. The number of imide groups is 2. The van der Waals surface area contributed by atoms with Crippen LogP contribution < -0.4 is 14.5 Å². The maximum absolute atomic E-state index is 14.5. The van der Waals surface area contributed by atoms with Gasteiger partial charge in [-0.25, -0.2) is 4.90 Å². The van der Waals surface area contributed by atoms with Crippen LogP contribution in [0.1, 0.15) is 31.2 Å². The number of hydrogen-bond acceptors (Lipinski definition) is 8. The molecule has 0 radical (unpaired) electrons. The number of benzene rings is 3. The number of phenols is 1. The summed E-state index contributed by atoms with van der Waals surface area (Å²) in [5.41, 5.74) is 0.219. The molecule has 2 aliphatic heterocycles. The Kier molecular flexibility index (Phi) is 6.89. The summed E-state index contributed by atoms with van der Waals surface area (Å²) in [6.45, 7) is 1.74. The van der Waals surface area contributed by atoms with Crippen LogP contribution in [0.3, 0.4) is 0 Å². The molecule has 4 amide bonds. The van der Waals surface area contributed by atoms with Crippen LogP contribution in [-0.2, 0) is 19.2 Å². The largest absolute Gasteiger partial charge is 0.504 e. The summed E-state index contributed by atoms with van der Waals surface area (Å²) >= 11 is 3.50. The lowest BCUT2D eigenvalue weighted by Crippen LogP contribution is -2.49. The molecule has 11 nitrogen and oxygen atoms in total. The molecule has 3 fully saturated rings. The van der Waals surface area contributed by atoms with Crippen LogP contribution >= 0.6 is 15.9 Å². The predicted octanol–water partition coefficient (Wildman–Crippen LogP) is 5.51. The summed E-state index contributed by atoms with van der Waals surface area (Å²) in [4.78, 5) is 69.7. The number of hydrogen-bond donors (Lipinski definition) is 1. The van der Waals surface area contributed by atoms with Gasteiger partial charge in [0.15, 0.2) is 11.5 Å². The van der Waals surface area contributed by atoms with Gasteiger partial charge in [-0.1, -0.05) is 45.8 Å².